The third kappa shape index (κ3) is 4.20. The maximum absolute atomic E-state index is 13.4. The fraction of sp³-hybridized carbons (Fsp3) is 0.500. The summed E-state index contributed by atoms with van der Waals surface area (Å²) in [6.45, 7) is 9.10. The molecule has 2 heterocycles. The molecule has 1 aromatic heterocycles. The summed E-state index contributed by atoms with van der Waals surface area (Å²) in [6.07, 6.45) is 2.71. The number of aryl methyl sites for hydroxylation is 1. The second kappa shape index (κ2) is 8.22. The molecule has 7 heteroatoms. The van der Waals surface area contributed by atoms with E-state index in [0.29, 0.717) is 41.6 Å². The molecule has 3 rings (SSSR count). The minimum absolute atomic E-state index is 0.0861. The molecule has 6 nitrogen and oxygen atoms in total. The van der Waals surface area contributed by atoms with E-state index >= 15 is 0 Å². The van der Waals surface area contributed by atoms with Crippen molar-refractivity contribution in [3.63, 3.8) is 0 Å². The first-order valence-electron chi connectivity index (χ1n) is 10.2. The van der Waals surface area contributed by atoms with Gasteiger partial charge in [-0.1, -0.05) is 26.0 Å². The van der Waals surface area contributed by atoms with Crippen LogP contribution in [-0.2, 0) is 23.5 Å². The van der Waals surface area contributed by atoms with Crippen molar-refractivity contribution < 1.29 is 13.2 Å². The molecule has 29 heavy (non-hydrogen) atoms. The first kappa shape index (κ1) is 21.4. The zero-order valence-corrected chi connectivity index (χ0v) is 18.8. The summed E-state index contributed by atoms with van der Waals surface area (Å²) in [7, 11) is -2.11. The van der Waals surface area contributed by atoms with Gasteiger partial charge in [-0.3, -0.25) is 9.52 Å². The summed E-state index contributed by atoms with van der Waals surface area (Å²) in [5.41, 5.74) is 3.09. The van der Waals surface area contributed by atoms with Gasteiger partial charge in [-0.15, -0.1) is 0 Å². The van der Waals surface area contributed by atoms with Gasteiger partial charge < -0.3 is 9.47 Å². The number of benzene rings is 1. The number of anilines is 1. The fourth-order valence-electron chi connectivity index (χ4n) is 3.93. The Balaban J connectivity index is 2.02. The third-order valence-electron chi connectivity index (χ3n) is 6.06. The van der Waals surface area contributed by atoms with Crippen molar-refractivity contribution in [2.45, 2.75) is 51.9 Å². The highest BCUT2D eigenvalue weighted by Crippen LogP contribution is 2.30. The van der Waals surface area contributed by atoms with Gasteiger partial charge in [-0.2, -0.15) is 0 Å². The van der Waals surface area contributed by atoms with Crippen LogP contribution in [0.2, 0.25) is 0 Å². The number of hydrogen-bond acceptors (Lipinski definition) is 3. The molecule has 0 radical (unpaired) electrons. The average molecular weight is 418 g/mol. The lowest BCUT2D eigenvalue weighted by Gasteiger charge is -2.30. The summed E-state index contributed by atoms with van der Waals surface area (Å²) < 4.78 is 31.2. The zero-order chi connectivity index (χ0) is 21.3. The third-order valence-corrected chi connectivity index (χ3v) is 7.61. The molecule has 0 aliphatic carbocycles. The summed E-state index contributed by atoms with van der Waals surface area (Å²) in [5.74, 6) is 0.397. The minimum atomic E-state index is -3.91. The predicted molar refractivity (Wildman–Crippen MR) is 116 cm³/mol. The average Bonchev–Trinajstić information content (AvgIpc) is 2.92. The number of piperidine rings is 1. The molecular formula is C22H31N3O3S. The molecule has 0 atom stereocenters. The van der Waals surface area contributed by atoms with Crippen molar-refractivity contribution in [3.8, 4) is 0 Å². The predicted octanol–water partition coefficient (Wildman–Crippen LogP) is 3.88. The Morgan fingerprint density at radius 1 is 1.17 bits per heavy atom. The van der Waals surface area contributed by atoms with Crippen LogP contribution < -0.4 is 4.72 Å². The van der Waals surface area contributed by atoms with Gasteiger partial charge >= 0.3 is 0 Å². The molecule has 1 aliphatic heterocycles. The summed E-state index contributed by atoms with van der Waals surface area (Å²) in [6, 6.07) is 7.36. The number of nitrogens with one attached hydrogen (secondary N) is 1. The zero-order valence-electron chi connectivity index (χ0n) is 17.9. The highest BCUT2D eigenvalue weighted by molar-refractivity contribution is 7.92. The van der Waals surface area contributed by atoms with E-state index in [0.717, 1.165) is 24.8 Å². The SMILES string of the molecule is CCc1cccc(NS(=O)(=O)c2c(C(=O)N3CCC(C)CC3)c(C)n(C)c2C)c1. The maximum atomic E-state index is 13.4. The highest BCUT2D eigenvalue weighted by atomic mass is 32.2. The van der Waals surface area contributed by atoms with Crippen LogP contribution in [0.4, 0.5) is 5.69 Å². The fourth-order valence-corrected chi connectivity index (χ4v) is 5.50. The Hall–Kier alpha value is -2.28. The molecule has 1 fully saturated rings. The molecule has 0 bridgehead atoms. The quantitative estimate of drug-likeness (QED) is 0.803. The van der Waals surface area contributed by atoms with Crippen molar-refractivity contribution >= 4 is 21.6 Å². The number of aromatic nitrogens is 1. The largest absolute Gasteiger partial charge is 0.350 e. The molecule has 1 saturated heterocycles. The molecular weight excluding hydrogens is 386 g/mol. The molecule has 0 spiro atoms. The van der Waals surface area contributed by atoms with Gasteiger partial charge in [-0.25, -0.2) is 8.42 Å². The lowest BCUT2D eigenvalue weighted by molar-refractivity contribution is 0.0692. The van der Waals surface area contributed by atoms with Gasteiger partial charge in [-0.05, 0) is 56.7 Å². The summed E-state index contributed by atoms with van der Waals surface area (Å²) in [4.78, 5) is 15.2. The smallest absolute Gasteiger partial charge is 0.264 e. The number of carbonyl (C=O) groups is 1. The molecule has 0 unspecified atom stereocenters. The van der Waals surface area contributed by atoms with Crippen LogP contribution in [0.25, 0.3) is 0 Å². The Morgan fingerprint density at radius 3 is 2.45 bits per heavy atom. The Bertz CT molecular complexity index is 1020. The van der Waals surface area contributed by atoms with E-state index in [9.17, 15) is 13.2 Å². The molecule has 2 aromatic rings. The van der Waals surface area contributed by atoms with Gasteiger partial charge in [0.2, 0.25) is 0 Å². The van der Waals surface area contributed by atoms with E-state index in [1.165, 1.54) is 0 Å². The number of likely N-dealkylation sites (tertiary alicyclic amines) is 1. The lowest BCUT2D eigenvalue weighted by atomic mass is 9.98. The van der Waals surface area contributed by atoms with E-state index in [-0.39, 0.29) is 10.8 Å². The number of amides is 1. The first-order valence-corrected chi connectivity index (χ1v) is 11.7. The first-order chi connectivity index (χ1) is 13.7. The number of hydrogen-bond donors (Lipinski definition) is 1. The number of carbonyl (C=O) groups excluding carboxylic acids is 1. The van der Waals surface area contributed by atoms with Crippen LogP contribution in [0.5, 0.6) is 0 Å². The molecule has 1 N–H and O–H groups in total. The standard InChI is InChI=1S/C22H31N3O3S/c1-6-18-8-7-9-19(14-18)23-29(27,28)21-17(4)24(5)16(3)20(21)22(26)25-12-10-15(2)11-13-25/h7-9,14-15,23H,6,10-13H2,1-5H3. The van der Waals surface area contributed by atoms with Gasteiger partial charge in [0.1, 0.15) is 4.90 Å². The van der Waals surface area contributed by atoms with Crippen molar-refractivity contribution in [1.29, 1.82) is 0 Å². The summed E-state index contributed by atoms with van der Waals surface area (Å²) in [5, 5.41) is 0. The normalized spacial score (nSPS) is 15.6. The van der Waals surface area contributed by atoms with Crippen molar-refractivity contribution in [3.05, 3.63) is 46.8 Å². The van der Waals surface area contributed by atoms with Crippen molar-refractivity contribution in [2.24, 2.45) is 13.0 Å². The Morgan fingerprint density at radius 2 is 1.83 bits per heavy atom. The Kier molecular flexibility index (Phi) is 6.08. The molecule has 1 aromatic carbocycles. The van der Waals surface area contributed by atoms with E-state index < -0.39 is 10.0 Å². The van der Waals surface area contributed by atoms with Crippen LogP contribution in [0.15, 0.2) is 29.2 Å². The van der Waals surface area contributed by atoms with Crippen LogP contribution in [0, 0.1) is 19.8 Å². The lowest BCUT2D eigenvalue weighted by Crippen LogP contribution is -2.38. The van der Waals surface area contributed by atoms with Crippen LogP contribution in [0.3, 0.4) is 0 Å². The van der Waals surface area contributed by atoms with Gasteiger partial charge in [0.25, 0.3) is 15.9 Å². The van der Waals surface area contributed by atoms with Crippen LogP contribution >= 0.6 is 0 Å². The second-order valence-corrected chi connectivity index (χ2v) is 9.69. The van der Waals surface area contributed by atoms with Crippen molar-refractivity contribution in [2.75, 3.05) is 17.8 Å². The van der Waals surface area contributed by atoms with Gasteiger partial charge in [0.15, 0.2) is 0 Å². The molecule has 158 valence electrons. The van der Waals surface area contributed by atoms with E-state index in [1.54, 1.807) is 29.5 Å². The molecule has 1 aliphatic rings. The highest BCUT2D eigenvalue weighted by Gasteiger charge is 2.33. The Labute approximate surface area is 174 Å². The molecule has 1 amide bonds. The van der Waals surface area contributed by atoms with E-state index in [1.807, 2.05) is 32.0 Å². The van der Waals surface area contributed by atoms with Gasteiger partial charge in [0.05, 0.1) is 5.56 Å². The summed E-state index contributed by atoms with van der Waals surface area (Å²) >= 11 is 0. The monoisotopic (exact) mass is 417 g/mol. The number of rotatable bonds is 5. The second-order valence-electron chi connectivity index (χ2n) is 8.07. The van der Waals surface area contributed by atoms with Crippen LogP contribution in [0.1, 0.15) is 54.0 Å². The molecule has 0 saturated carbocycles. The number of nitrogens with zero attached hydrogens (tertiary/aromatic N) is 2. The van der Waals surface area contributed by atoms with Crippen molar-refractivity contribution in [1.82, 2.24) is 9.47 Å². The topological polar surface area (TPSA) is 71.4 Å². The maximum Gasteiger partial charge on any atom is 0.264 e. The van der Waals surface area contributed by atoms with E-state index in [4.69, 9.17) is 0 Å². The van der Waals surface area contributed by atoms with E-state index in [2.05, 4.69) is 11.6 Å². The van der Waals surface area contributed by atoms with Gasteiger partial charge in [0, 0.05) is 37.2 Å². The van der Waals surface area contributed by atoms with Crippen LogP contribution in [-0.4, -0.2) is 36.9 Å². The number of sulfonamides is 1. The minimum Gasteiger partial charge on any atom is -0.350 e.